The molecule has 0 radical (unpaired) electrons. The van der Waals surface area contributed by atoms with E-state index < -0.39 is 35.9 Å². The zero-order valence-corrected chi connectivity index (χ0v) is 12.9. The van der Waals surface area contributed by atoms with Crippen molar-refractivity contribution in [2.45, 2.75) is 36.9 Å². The number of nitrogens with one attached hydrogen (secondary N) is 1. The molecule has 0 aliphatic heterocycles. The second-order valence-electron chi connectivity index (χ2n) is 5.28. The predicted octanol–water partition coefficient (Wildman–Crippen LogP) is 3.00. The van der Waals surface area contributed by atoms with Gasteiger partial charge in [0.25, 0.3) is 0 Å². The maximum atomic E-state index is 12.4. The van der Waals surface area contributed by atoms with Gasteiger partial charge >= 0.3 is 12.1 Å². The molecule has 1 aliphatic carbocycles. The lowest BCUT2D eigenvalue weighted by Crippen LogP contribution is -2.47. The minimum Gasteiger partial charge on any atom is -0.480 e. The molecule has 1 atom stereocenters. The van der Waals surface area contributed by atoms with Gasteiger partial charge in [-0.25, -0.2) is 4.79 Å². The Bertz CT molecular complexity index is 599. The molecular formula is C14H13BrF3NO3. The molecule has 2 N–H and O–H groups in total. The third kappa shape index (κ3) is 3.79. The number of rotatable bonds is 5. The molecule has 8 heteroatoms. The zero-order valence-electron chi connectivity index (χ0n) is 11.3. The Morgan fingerprint density at radius 2 is 2.00 bits per heavy atom. The predicted molar refractivity (Wildman–Crippen MR) is 75.3 cm³/mol. The van der Waals surface area contributed by atoms with Gasteiger partial charge in [0.1, 0.15) is 6.04 Å². The van der Waals surface area contributed by atoms with Crippen molar-refractivity contribution in [2.24, 2.45) is 0 Å². The lowest BCUT2D eigenvalue weighted by atomic mass is 9.94. The highest BCUT2D eigenvalue weighted by Crippen LogP contribution is 2.49. The van der Waals surface area contributed by atoms with Gasteiger partial charge in [0.05, 0.1) is 11.8 Å². The topological polar surface area (TPSA) is 66.4 Å². The van der Waals surface area contributed by atoms with E-state index in [1.165, 1.54) is 0 Å². The standard InChI is InChI=1S/C14H13BrF3NO3/c15-9-3-1-2-8(6-9)13(4-5-13)12(22)19-10(11(20)21)7-14(16,17)18/h1-3,6,10H,4-5,7H2,(H,19,22)(H,20,21). The molecule has 1 aromatic rings. The summed E-state index contributed by atoms with van der Waals surface area (Å²) < 4.78 is 37.9. The molecule has 120 valence electrons. The molecule has 1 aromatic carbocycles. The Labute approximate surface area is 132 Å². The second kappa shape index (κ2) is 5.91. The Morgan fingerprint density at radius 1 is 1.36 bits per heavy atom. The maximum absolute atomic E-state index is 12.4. The largest absolute Gasteiger partial charge is 0.480 e. The van der Waals surface area contributed by atoms with Gasteiger partial charge in [0.2, 0.25) is 5.91 Å². The maximum Gasteiger partial charge on any atom is 0.391 e. The second-order valence-corrected chi connectivity index (χ2v) is 6.19. The molecule has 0 heterocycles. The van der Waals surface area contributed by atoms with E-state index in [1.807, 2.05) is 5.32 Å². The molecule has 2 rings (SSSR count). The molecule has 1 fully saturated rings. The van der Waals surface area contributed by atoms with Crippen molar-refractivity contribution in [3.63, 3.8) is 0 Å². The fourth-order valence-corrected chi connectivity index (χ4v) is 2.69. The van der Waals surface area contributed by atoms with E-state index in [0.29, 0.717) is 18.4 Å². The van der Waals surface area contributed by atoms with Crippen molar-refractivity contribution < 1.29 is 27.9 Å². The lowest BCUT2D eigenvalue weighted by Gasteiger charge is -2.21. The highest BCUT2D eigenvalue weighted by atomic mass is 79.9. The Hall–Kier alpha value is -1.57. The summed E-state index contributed by atoms with van der Waals surface area (Å²) in [5, 5.41) is 10.9. The smallest absolute Gasteiger partial charge is 0.391 e. The van der Waals surface area contributed by atoms with Crippen LogP contribution in [0.1, 0.15) is 24.8 Å². The summed E-state index contributed by atoms with van der Waals surface area (Å²) in [6.45, 7) is 0. The molecule has 0 bridgehead atoms. The molecule has 0 saturated heterocycles. The van der Waals surface area contributed by atoms with Gasteiger partial charge in [-0.3, -0.25) is 4.79 Å². The number of hydrogen-bond acceptors (Lipinski definition) is 2. The number of aliphatic carboxylic acids is 1. The summed E-state index contributed by atoms with van der Waals surface area (Å²) in [7, 11) is 0. The van der Waals surface area contributed by atoms with E-state index in [9.17, 15) is 22.8 Å². The molecule has 22 heavy (non-hydrogen) atoms. The number of amides is 1. The number of carboxylic acid groups (broad SMARTS) is 1. The van der Waals surface area contributed by atoms with Crippen LogP contribution < -0.4 is 5.32 Å². The van der Waals surface area contributed by atoms with Gasteiger partial charge in [-0.2, -0.15) is 13.2 Å². The third-order valence-corrected chi connectivity index (χ3v) is 4.09. The average Bonchev–Trinajstić information content (AvgIpc) is 3.17. The first-order valence-corrected chi connectivity index (χ1v) is 7.30. The highest BCUT2D eigenvalue weighted by Gasteiger charge is 2.52. The third-order valence-electron chi connectivity index (χ3n) is 3.60. The van der Waals surface area contributed by atoms with Crippen LogP contribution in [0.4, 0.5) is 13.2 Å². The van der Waals surface area contributed by atoms with Gasteiger partial charge < -0.3 is 10.4 Å². The number of carbonyl (C=O) groups is 2. The van der Waals surface area contributed by atoms with Crippen LogP contribution in [0.15, 0.2) is 28.7 Å². The first kappa shape index (κ1) is 16.8. The van der Waals surface area contributed by atoms with Crippen LogP contribution in [0, 0.1) is 0 Å². The van der Waals surface area contributed by atoms with E-state index in [4.69, 9.17) is 5.11 Å². The fraction of sp³-hybridized carbons (Fsp3) is 0.429. The van der Waals surface area contributed by atoms with Crippen LogP contribution in [0.5, 0.6) is 0 Å². The number of benzene rings is 1. The number of carbonyl (C=O) groups excluding carboxylic acids is 1. The van der Waals surface area contributed by atoms with Crippen molar-refractivity contribution in [3.8, 4) is 0 Å². The van der Waals surface area contributed by atoms with Crippen molar-refractivity contribution in [1.29, 1.82) is 0 Å². The van der Waals surface area contributed by atoms with Gasteiger partial charge in [0.15, 0.2) is 0 Å². The number of carboxylic acids is 1. The van der Waals surface area contributed by atoms with Crippen molar-refractivity contribution in [1.82, 2.24) is 5.32 Å². The van der Waals surface area contributed by atoms with E-state index >= 15 is 0 Å². The highest BCUT2D eigenvalue weighted by molar-refractivity contribution is 9.10. The average molecular weight is 380 g/mol. The Balaban J connectivity index is 2.15. The number of alkyl halides is 3. The van der Waals surface area contributed by atoms with Gasteiger partial charge in [-0.15, -0.1) is 0 Å². The van der Waals surface area contributed by atoms with Crippen LogP contribution in [0.3, 0.4) is 0 Å². The summed E-state index contributed by atoms with van der Waals surface area (Å²) in [5.74, 6) is -2.38. The quantitative estimate of drug-likeness (QED) is 0.826. The van der Waals surface area contributed by atoms with Crippen LogP contribution in [0.25, 0.3) is 0 Å². The summed E-state index contributed by atoms with van der Waals surface area (Å²) in [5.41, 5.74) is -0.265. The van der Waals surface area contributed by atoms with Crippen LogP contribution >= 0.6 is 15.9 Å². The number of halogens is 4. The van der Waals surface area contributed by atoms with Crippen molar-refractivity contribution in [2.75, 3.05) is 0 Å². The van der Waals surface area contributed by atoms with E-state index in [-0.39, 0.29) is 0 Å². The normalized spacial score (nSPS) is 17.6. The summed E-state index contributed by atoms with van der Waals surface area (Å²) in [6.07, 6.45) is -5.30. The van der Waals surface area contributed by atoms with Crippen LogP contribution in [-0.4, -0.2) is 29.2 Å². The molecule has 1 aliphatic rings. The minimum atomic E-state index is -4.66. The minimum absolute atomic E-state index is 0.480. The molecular weight excluding hydrogens is 367 g/mol. The summed E-state index contributed by atoms with van der Waals surface area (Å²) in [4.78, 5) is 23.2. The lowest BCUT2D eigenvalue weighted by molar-refractivity contribution is -0.160. The Morgan fingerprint density at radius 3 is 2.45 bits per heavy atom. The monoisotopic (exact) mass is 379 g/mol. The van der Waals surface area contributed by atoms with Crippen LogP contribution in [-0.2, 0) is 15.0 Å². The first-order chi connectivity index (χ1) is 10.1. The van der Waals surface area contributed by atoms with E-state index in [1.54, 1.807) is 24.3 Å². The van der Waals surface area contributed by atoms with E-state index in [2.05, 4.69) is 15.9 Å². The molecule has 0 spiro atoms. The fourth-order valence-electron chi connectivity index (χ4n) is 2.29. The summed E-state index contributed by atoms with van der Waals surface area (Å²) in [6, 6.07) is 4.93. The van der Waals surface area contributed by atoms with E-state index in [0.717, 1.165) is 4.47 Å². The van der Waals surface area contributed by atoms with Crippen LogP contribution in [0.2, 0.25) is 0 Å². The molecule has 4 nitrogen and oxygen atoms in total. The van der Waals surface area contributed by atoms with Gasteiger partial charge in [0, 0.05) is 4.47 Å². The van der Waals surface area contributed by atoms with Gasteiger partial charge in [-0.1, -0.05) is 28.1 Å². The number of hydrogen-bond donors (Lipinski definition) is 2. The zero-order chi connectivity index (χ0) is 16.5. The first-order valence-electron chi connectivity index (χ1n) is 6.51. The SMILES string of the molecule is O=C(O)C(CC(F)(F)F)NC(=O)C1(c2cccc(Br)c2)CC1. The van der Waals surface area contributed by atoms with Gasteiger partial charge in [-0.05, 0) is 30.5 Å². The van der Waals surface area contributed by atoms with Crippen molar-refractivity contribution >= 4 is 27.8 Å². The molecule has 1 saturated carbocycles. The van der Waals surface area contributed by atoms with Crippen molar-refractivity contribution in [3.05, 3.63) is 34.3 Å². The Kier molecular flexibility index (Phi) is 4.51. The molecule has 1 amide bonds. The summed E-state index contributed by atoms with van der Waals surface area (Å²) >= 11 is 3.27. The molecule has 0 aromatic heterocycles. The molecule has 1 unspecified atom stereocenters.